The summed E-state index contributed by atoms with van der Waals surface area (Å²) in [5, 5.41) is 14.4. The van der Waals surface area contributed by atoms with Crippen LogP contribution in [-0.4, -0.2) is 64.4 Å². The minimum absolute atomic E-state index is 0.0288. The number of carbonyl (C=O) groups is 2. The number of aliphatic carboxylic acids is 1. The van der Waals surface area contributed by atoms with E-state index in [1.165, 1.54) is 36.6 Å². The number of halogens is 4. The van der Waals surface area contributed by atoms with Gasteiger partial charge in [-0.2, -0.15) is 0 Å². The zero-order valence-electron chi connectivity index (χ0n) is 20.2. The van der Waals surface area contributed by atoms with Crippen LogP contribution >= 0.6 is 22.9 Å². The smallest absolute Gasteiger partial charge is 0.338 e. The van der Waals surface area contributed by atoms with Crippen LogP contribution in [0, 0.1) is 11.7 Å². The Morgan fingerprint density at radius 3 is 2.76 bits per heavy atom. The molecule has 1 aromatic carbocycles. The van der Waals surface area contributed by atoms with Crippen molar-refractivity contribution in [2.24, 2.45) is 10.9 Å². The molecule has 2 bridgehead atoms. The predicted octanol–water partition coefficient (Wildman–Crippen LogP) is 4.42. The number of fused-ring (bicyclic) bond motifs is 2. The van der Waals surface area contributed by atoms with E-state index in [2.05, 4.69) is 15.3 Å². The number of amidine groups is 1. The fourth-order valence-corrected chi connectivity index (χ4v) is 6.44. The average molecular weight is 569 g/mol. The number of nitrogens with zero attached hydrogens (tertiary/aromatic N) is 3. The zero-order chi connectivity index (χ0) is 27.2. The average Bonchev–Trinajstić information content (AvgIpc) is 3.44. The molecule has 5 rings (SSSR count). The second kappa shape index (κ2) is 10.3. The van der Waals surface area contributed by atoms with Crippen LogP contribution in [0.25, 0.3) is 0 Å². The highest BCUT2D eigenvalue weighted by Gasteiger charge is 2.57. The van der Waals surface area contributed by atoms with Gasteiger partial charge in [0, 0.05) is 42.7 Å². The van der Waals surface area contributed by atoms with Gasteiger partial charge in [-0.3, -0.25) is 14.7 Å². The third-order valence-corrected chi connectivity index (χ3v) is 8.33. The number of nitrogens with one attached hydrogen (secondary N) is 1. The monoisotopic (exact) mass is 568 g/mol. The van der Waals surface area contributed by atoms with Gasteiger partial charge in [0.25, 0.3) is 5.92 Å². The summed E-state index contributed by atoms with van der Waals surface area (Å²) in [7, 11) is 1.21. The third kappa shape index (κ3) is 5.04. The number of carboxylic acids is 1. The summed E-state index contributed by atoms with van der Waals surface area (Å²) in [6.45, 7) is -0.0506. The van der Waals surface area contributed by atoms with E-state index in [9.17, 15) is 19.1 Å². The predicted molar refractivity (Wildman–Crippen MR) is 134 cm³/mol. The van der Waals surface area contributed by atoms with E-state index >= 15 is 8.78 Å². The minimum Gasteiger partial charge on any atom is -0.481 e. The van der Waals surface area contributed by atoms with Crippen molar-refractivity contribution < 1.29 is 32.6 Å². The first-order valence-electron chi connectivity index (χ1n) is 11.9. The topological polar surface area (TPSA) is 104 Å². The molecule has 0 unspecified atom stereocenters. The summed E-state index contributed by atoms with van der Waals surface area (Å²) in [6, 6.07) is 1.28. The molecule has 2 N–H and O–H groups in total. The number of carbonyl (C=O) groups excluding carboxylic acids is 1. The van der Waals surface area contributed by atoms with Crippen molar-refractivity contribution in [3.63, 3.8) is 0 Å². The number of piperidine rings is 1. The number of aromatic nitrogens is 1. The highest BCUT2D eigenvalue weighted by atomic mass is 35.5. The Hall–Kier alpha value is -2.96. The lowest BCUT2D eigenvalue weighted by Crippen LogP contribution is -2.50. The number of carboxylic acid groups (broad SMARTS) is 1. The molecule has 0 amide bonds. The van der Waals surface area contributed by atoms with Crippen molar-refractivity contribution in [3.05, 3.63) is 62.5 Å². The van der Waals surface area contributed by atoms with Crippen LogP contribution in [0.5, 0.6) is 0 Å². The van der Waals surface area contributed by atoms with Crippen molar-refractivity contribution in [3.8, 4) is 0 Å². The number of methoxy groups -OCH3 is 1. The van der Waals surface area contributed by atoms with E-state index in [1.54, 1.807) is 16.5 Å². The summed E-state index contributed by atoms with van der Waals surface area (Å²) in [5.41, 5.74) is 0.816. The SMILES string of the molecule is COC(=O)C1=C(CN2[C@H]3C[C@H](CC(=O)O)C[C@@H]2C(F)(F)C3)NC(c2nccs2)=N[C@H]1c1ccc(F)c(Cl)c1. The summed E-state index contributed by atoms with van der Waals surface area (Å²) < 4.78 is 49.1. The van der Waals surface area contributed by atoms with E-state index in [-0.39, 0.29) is 42.3 Å². The number of alkyl halides is 2. The number of esters is 1. The molecule has 4 heterocycles. The Morgan fingerprint density at radius 2 is 2.13 bits per heavy atom. The van der Waals surface area contributed by atoms with Gasteiger partial charge in [0.2, 0.25) is 0 Å². The minimum atomic E-state index is -3.01. The number of benzene rings is 1. The van der Waals surface area contributed by atoms with Gasteiger partial charge in [0.05, 0.1) is 23.7 Å². The van der Waals surface area contributed by atoms with Crippen molar-refractivity contribution in [2.75, 3.05) is 13.7 Å². The molecule has 13 heteroatoms. The third-order valence-electron chi connectivity index (χ3n) is 7.26. The largest absolute Gasteiger partial charge is 0.481 e. The molecule has 4 atom stereocenters. The number of hydrogen-bond donors (Lipinski definition) is 2. The Kier molecular flexibility index (Phi) is 7.23. The van der Waals surface area contributed by atoms with Gasteiger partial charge in [-0.25, -0.2) is 22.9 Å². The first-order chi connectivity index (χ1) is 18.1. The Morgan fingerprint density at radius 1 is 1.34 bits per heavy atom. The van der Waals surface area contributed by atoms with Crippen LogP contribution in [0.1, 0.15) is 42.3 Å². The second-order valence-electron chi connectivity index (χ2n) is 9.64. The van der Waals surface area contributed by atoms with Gasteiger partial charge in [0.1, 0.15) is 11.9 Å². The molecule has 1 aromatic heterocycles. The Balaban J connectivity index is 1.56. The molecule has 0 radical (unpaired) electrons. The standard InChI is InChI=1S/C25H24ClF3N4O4S/c1-37-24(36)20-17(11-33-14-6-12(8-19(34)35)7-18(33)25(28,29)10-14)31-22(23-30-4-5-38-23)32-21(20)13-2-3-16(27)15(26)9-13/h2-5,9,12,14,18,21H,6-8,10-11H2,1H3,(H,31,32)(H,34,35)/t12-,14-,18+,21-/m0/s1. The van der Waals surface area contributed by atoms with Crippen molar-refractivity contribution in [1.82, 2.24) is 15.2 Å². The van der Waals surface area contributed by atoms with E-state index < -0.39 is 41.8 Å². The van der Waals surface area contributed by atoms with E-state index in [1.807, 2.05) is 0 Å². The van der Waals surface area contributed by atoms with Gasteiger partial charge in [0.15, 0.2) is 10.8 Å². The molecule has 0 spiro atoms. The normalized spacial score (nSPS) is 26.6. The number of rotatable bonds is 7. The van der Waals surface area contributed by atoms with Crippen LogP contribution in [0.4, 0.5) is 13.2 Å². The van der Waals surface area contributed by atoms with Gasteiger partial charge in [-0.15, -0.1) is 11.3 Å². The molecule has 3 aliphatic rings. The highest BCUT2D eigenvalue weighted by molar-refractivity contribution is 7.11. The second-order valence-corrected chi connectivity index (χ2v) is 10.9. The Bertz CT molecular complexity index is 1320. The highest BCUT2D eigenvalue weighted by Crippen LogP contribution is 2.49. The van der Waals surface area contributed by atoms with Crippen LogP contribution < -0.4 is 5.32 Å². The lowest BCUT2D eigenvalue weighted by atomic mass is 9.87. The van der Waals surface area contributed by atoms with E-state index in [0.29, 0.717) is 28.5 Å². The summed E-state index contributed by atoms with van der Waals surface area (Å²) in [6.07, 6.45) is 1.37. The molecular weight excluding hydrogens is 545 g/mol. The first-order valence-corrected chi connectivity index (χ1v) is 13.2. The molecule has 0 aliphatic carbocycles. The van der Waals surface area contributed by atoms with Crippen molar-refractivity contribution in [2.45, 2.75) is 49.7 Å². The van der Waals surface area contributed by atoms with Gasteiger partial charge >= 0.3 is 11.9 Å². The molecule has 202 valence electrons. The number of thiazole rings is 1. The molecule has 2 aromatic rings. The quantitative estimate of drug-likeness (QED) is 0.477. The maximum atomic E-state index is 15.1. The maximum absolute atomic E-state index is 15.1. The fourth-order valence-electron chi connectivity index (χ4n) is 5.67. The van der Waals surface area contributed by atoms with Crippen LogP contribution in [-0.2, 0) is 14.3 Å². The number of aliphatic imine (C=N–C) groups is 1. The number of ether oxygens (including phenoxy) is 1. The van der Waals surface area contributed by atoms with Crippen molar-refractivity contribution in [1.29, 1.82) is 0 Å². The maximum Gasteiger partial charge on any atom is 0.338 e. The molecule has 3 aliphatic heterocycles. The summed E-state index contributed by atoms with van der Waals surface area (Å²) in [4.78, 5) is 34.9. The Labute approximate surface area is 225 Å². The molecule has 0 saturated carbocycles. The molecule has 38 heavy (non-hydrogen) atoms. The number of hydrogen-bond acceptors (Lipinski definition) is 8. The van der Waals surface area contributed by atoms with Gasteiger partial charge in [-0.05, 0) is 36.5 Å². The van der Waals surface area contributed by atoms with E-state index in [4.69, 9.17) is 16.3 Å². The van der Waals surface area contributed by atoms with Crippen molar-refractivity contribution >= 4 is 40.7 Å². The van der Waals surface area contributed by atoms with Crippen LogP contribution in [0.2, 0.25) is 5.02 Å². The lowest BCUT2D eigenvalue weighted by Gasteiger charge is -2.40. The van der Waals surface area contributed by atoms with Gasteiger partial charge < -0.3 is 15.2 Å². The summed E-state index contributed by atoms with van der Waals surface area (Å²) in [5.74, 6) is -5.41. The molecule has 8 nitrogen and oxygen atoms in total. The fraction of sp³-hybridized carbons (Fsp3) is 0.440. The molecule has 2 fully saturated rings. The van der Waals surface area contributed by atoms with Gasteiger partial charge in [-0.1, -0.05) is 17.7 Å². The van der Waals surface area contributed by atoms with E-state index in [0.717, 1.165) is 0 Å². The van der Waals surface area contributed by atoms with Crippen LogP contribution in [0.15, 0.2) is 46.0 Å². The zero-order valence-corrected chi connectivity index (χ0v) is 21.7. The van der Waals surface area contributed by atoms with Crippen LogP contribution in [0.3, 0.4) is 0 Å². The molecular formula is C25H24ClF3N4O4S. The lowest BCUT2D eigenvalue weighted by molar-refractivity contribution is -0.139. The first kappa shape index (κ1) is 26.6. The molecule has 2 saturated heterocycles. The summed E-state index contributed by atoms with van der Waals surface area (Å²) >= 11 is 7.33.